The van der Waals surface area contributed by atoms with Crippen molar-refractivity contribution in [1.29, 1.82) is 0 Å². The molecule has 1 atom stereocenters. The summed E-state index contributed by atoms with van der Waals surface area (Å²) >= 11 is 1.73. The number of hydrogen-bond donors (Lipinski definition) is 3. The summed E-state index contributed by atoms with van der Waals surface area (Å²) in [5.41, 5.74) is 7.55. The van der Waals surface area contributed by atoms with Gasteiger partial charge < -0.3 is 16.4 Å². The molecule has 0 saturated carbocycles. The van der Waals surface area contributed by atoms with Gasteiger partial charge in [-0.1, -0.05) is 30.3 Å². The van der Waals surface area contributed by atoms with Gasteiger partial charge in [0.25, 0.3) is 0 Å². The van der Waals surface area contributed by atoms with Crippen LogP contribution in [0.25, 0.3) is 10.2 Å². The van der Waals surface area contributed by atoms with Gasteiger partial charge in [-0.2, -0.15) is 0 Å². The van der Waals surface area contributed by atoms with Crippen molar-refractivity contribution in [2.45, 2.75) is 45.1 Å². The Morgan fingerprint density at radius 1 is 1.20 bits per heavy atom. The first-order valence-corrected chi connectivity index (χ1v) is 11.0. The minimum Gasteiger partial charge on any atom is -0.370 e. The Morgan fingerprint density at radius 3 is 2.77 bits per heavy atom. The molecule has 0 saturated heterocycles. The standard InChI is InChI=1S/C22H25N5O2S/c1-13-25-20(19-15-8-5-9-17(15)30-22(19)26-13)27-16(12-14-6-3-2-4-7-14)21(29)24-11-10-18(23)28/h2-4,6-7,16H,5,8-12H2,1H3,(H2,23,28)(H,24,29)(H,25,26,27). The lowest BCUT2D eigenvalue weighted by Gasteiger charge is -2.20. The van der Waals surface area contributed by atoms with Crippen LogP contribution in [0.5, 0.6) is 0 Å². The van der Waals surface area contributed by atoms with Crippen molar-refractivity contribution in [2.75, 3.05) is 11.9 Å². The molecule has 0 bridgehead atoms. The maximum absolute atomic E-state index is 13.0. The molecule has 2 aromatic heterocycles. The molecule has 1 aliphatic rings. The lowest BCUT2D eigenvalue weighted by molar-refractivity contribution is -0.122. The van der Waals surface area contributed by atoms with Crippen molar-refractivity contribution >= 4 is 39.2 Å². The maximum Gasteiger partial charge on any atom is 0.242 e. The summed E-state index contributed by atoms with van der Waals surface area (Å²) in [5, 5.41) is 7.26. The Balaban J connectivity index is 1.64. The number of primary amides is 1. The number of carbonyl (C=O) groups excluding carboxylic acids is 2. The van der Waals surface area contributed by atoms with Crippen LogP contribution in [0, 0.1) is 6.92 Å². The predicted molar refractivity (Wildman–Crippen MR) is 119 cm³/mol. The summed E-state index contributed by atoms with van der Waals surface area (Å²) < 4.78 is 0. The highest BCUT2D eigenvalue weighted by molar-refractivity contribution is 7.19. The number of aryl methyl sites for hydroxylation is 3. The number of aromatic nitrogens is 2. The highest BCUT2D eigenvalue weighted by Gasteiger charge is 2.25. The highest BCUT2D eigenvalue weighted by Crippen LogP contribution is 2.39. The third kappa shape index (κ3) is 4.43. The summed E-state index contributed by atoms with van der Waals surface area (Å²) in [6.07, 6.45) is 3.85. The van der Waals surface area contributed by atoms with E-state index in [0.29, 0.717) is 18.1 Å². The highest BCUT2D eigenvalue weighted by atomic mass is 32.1. The molecule has 1 unspecified atom stereocenters. The van der Waals surface area contributed by atoms with E-state index in [0.717, 1.165) is 35.0 Å². The Morgan fingerprint density at radius 2 is 2.00 bits per heavy atom. The molecule has 8 heteroatoms. The summed E-state index contributed by atoms with van der Waals surface area (Å²) in [5.74, 6) is 0.765. The number of hydrogen-bond acceptors (Lipinski definition) is 6. The second-order valence-electron chi connectivity index (χ2n) is 7.55. The van der Waals surface area contributed by atoms with E-state index in [2.05, 4.69) is 20.6 Å². The van der Waals surface area contributed by atoms with E-state index in [1.165, 1.54) is 10.4 Å². The topological polar surface area (TPSA) is 110 Å². The molecule has 4 N–H and O–H groups in total. The smallest absolute Gasteiger partial charge is 0.242 e. The molecule has 2 amide bonds. The Bertz CT molecular complexity index is 1080. The normalized spacial score (nSPS) is 13.8. The largest absolute Gasteiger partial charge is 0.370 e. The summed E-state index contributed by atoms with van der Waals surface area (Å²) in [7, 11) is 0. The first-order chi connectivity index (χ1) is 14.5. The van der Waals surface area contributed by atoms with Crippen LogP contribution in [-0.4, -0.2) is 34.4 Å². The van der Waals surface area contributed by atoms with E-state index in [9.17, 15) is 9.59 Å². The monoisotopic (exact) mass is 423 g/mol. The number of rotatable bonds is 8. The van der Waals surface area contributed by atoms with Gasteiger partial charge in [0.2, 0.25) is 11.8 Å². The van der Waals surface area contributed by atoms with E-state index < -0.39 is 11.9 Å². The van der Waals surface area contributed by atoms with Crippen LogP contribution in [0.2, 0.25) is 0 Å². The molecule has 0 aliphatic heterocycles. The molecule has 0 radical (unpaired) electrons. The molecule has 0 fully saturated rings. The van der Waals surface area contributed by atoms with Crippen molar-refractivity contribution in [3.63, 3.8) is 0 Å². The van der Waals surface area contributed by atoms with Gasteiger partial charge in [-0.15, -0.1) is 11.3 Å². The fraction of sp³-hybridized carbons (Fsp3) is 0.364. The van der Waals surface area contributed by atoms with Crippen LogP contribution < -0.4 is 16.4 Å². The number of thiophene rings is 1. The molecule has 2 heterocycles. The van der Waals surface area contributed by atoms with Gasteiger partial charge in [0.05, 0.1) is 5.39 Å². The second kappa shape index (κ2) is 8.79. The molecule has 4 rings (SSSR count). The quantitative estimate of drug-likeness (QED) is 0.516. The average Bonchev–Trinajstić information content (AvgIpc) is 3.28. The SMILES string of the molecule is Cc1nc(NC(Cc2ccccc2)C(=O)NCCC(N)=O)c2c3c(sc2n1)CCC3. The minimum absolute atomic E-state index is 0.110. The summed E-state index contributed by atoms with van der Waals surface area (Å²) in [6.45, 7) is 2.09. The first kappa shape index (κ1) is 20.3. The third-order valence-corrected chi connectivity index (χ3v) is 6.44. The number of carbonyl (C=O) groups is 2. The summed E-state index contributed by atoms with van der Waals surface area (Å²) in [4.78, 5) is 35.6. The zero-order valence-electron chi connectivity index (χ0n) is 16.9. The van der Waals surface area contributed by atoms with Crippen LogP contribution in [0.4, 0.5) is 5.82 Å². The van der Waals surface area contributed by atoms with Gasteiger partial charge in [-0.25, -0.2) is 9.97 Å². The fourth-order valence-corrected chi connectivity index (χ4v) is 5.17. The second-order valence-corrected chi connectivity index (χ2v) is 8.63. The van der Waals surface area contributed by atoms with E-state index in [4.69, 9.17) is 5.73 Å². The number of benzene rings is 1. The van der Waals surface area contributed by atoms with Gasteiger partial charge in [-0.3, -0.25) is 9.59 Å². The van der Waals surface area contributed by atoms with Gasteiger partial charge in [-0.05, 0) is 37.3 Å². The molecule has 1 aliphatic carbocycles. The number of nitrogens with zero attached hydrogens (tertiary/aromatic N) is 2. The fourth-order valence-electron chi connectivity index (χ4n) is 3.86. The number of amides is 2. The minimum atomic E-state index is -0.533. The van der Waals surface area contributed by atoms with Gasteiger partial charge in [0.15, 0.2) is 0 Å². The Labute approximate surface area is 179 Å². The molecular formula is C22H25N5O2S. The lowest BCUT2D eigenvalue weighted by Crippen LogP contribution is -2.42. The predicted octanol–water partition coefficient (Wildman–Crippen LogP) is 2.50. The number of nitrogens with two attached hydrogens (primary N) is 1. The van der Waals surface area contributed by atoms with Crippen LogP contribution in [0.15, 0.2) is 30.3 Å². The molecule has 30 heavy (non-hydrogen) atoms. The zero-order valence-corrected chi connectivity index (χ0v) is 17.7. The van der Waals surface area contributed by atoms with Crippen LogP contribution in [0.1, 0.15) is 34.7 Å². The molecule has 0 spiro atoms. The third-order valence-electron chi connectivity index (χ3n) is 5.26. The number of anilines is 1. The first-order valence-electron chi connectivity index (χ1n) is 10.2. The van der Waals surface area contributed by atoms with Crippen molar-refractivity contribution in [3.05, 3.63) is 52.2 Å². The molecule has 7 nitrogen and oxygen atoms in total. The van der Waals surface area contributed by atoms with E-state index in [-0.39, 0.29) is 18.9 Å². The van der Waals surface area contributed by atoms with Crippen molar-refractivity contribution < 1.29 is 9.59 Å². The van der Waals surface area contributed by atoms with Crippen molar-refractivity contribution in [2.24, 2.45) is 5.73 Å². The Kier molecular flexibility index (Phi) is 5.94. The lowest BCUT2D eigenvalue weighted by atomic mass is 10.0. The Hall–Kier alpha value is -3.00. The average molecular weight is 424 g/mol. The van der Waals surface area contributed by atoms with Gasteiger partial charge in [0.1, 0.15) is 22.5 Å². The van der Waals surface area contributed by atoms with Crippen LogP contribution >= 0.6 is 11.3 Å². The van der Waals surface area contributed by atoms with Crippen molar-refractivity contribution in [1.82, 2.24) is 15.3 Å². The molecule has 3 aromatic rings. The van der Waals surface area contributed by atoms with E-state index in [1.807, 2.05) is 37.3 Å². The maximum atomic E-state index is 13.0. The number of nitrogens with one attached hydrogen (secondary N) is 2. The zero-order chi connectivity index (χ0) is 21.1. The van der Waals surface area contributed by atoms with Gasteiger partial charge in [0, 0.05) is 24.3 Å². The summed E-state index contributed by atoms with van der Waals surface area (Å²) in [6, 6.07) is 9.31. The molecule has 1 aromatic carbocycles. The van der Waals surface area contributed by atoms with Crippen molar-refractivity contribution in [3.8, 4) is 0 Å². The van der Waals surface area contributed by atoms with Crippen LogP contribution in [0.3, 0.4) is 0 Å². The van der Waals surface area contributed by atoms with E-state index >= 15 is 0 Å². The molecule has 156 valence electrons. The molecular weight excluding hydrogens is 398 g/mol. The van der Waals surface area contributed by atoms with E-state index in [1.54, 1.807) is 11.3 Å². The number of fused-ring (bicyclic) bond motifs is 3. The van der Waals surface area contributed by atoms with Crippen LogP contribution in [-0.2, 0) is 28.9 Å². The van der Waals surface area contributed by atoms with Gasteiger partial charge >= 0.3 is 0 Å².